The van der Waals surface area contributed by atoms with Gasteiger partial charge in [-0.15, -0.1) is 0 Å². The fraction of sp³-hybridized carbons (Fsp3) is 0. The number of benzene rings is 8. The van der Waals surface area contributed by atoms with Gasteiger partial charge in [0.1, 0.15) is 27.8 Å². The third-order valence-electron chi connectivity index (χ3n) is 10.5. The normalized spacial score (nSPS) is 11.7. The molecule has 254 valence electrons. The van der Waals surface area contributed by atoms with Gasteiger partial charge in [-0.1, -0.05) is 115 Å². The Balaban J connectivity index is 1.16. The predicted octanol–water partition coefficient (Wildman–Crippen LogP) is 13.8. The molecule has 0 fully saturated rings. The topological polar surface area (TPSA) is 58.2 Å². The van der Waals surface area contributed by atoms with Crippen LogP contribution in [-0.4, -0.2) is 9.97 Å². The minimum absolute atomic E-state index is 0.868. The Morgan fingerprint density at radius 2 is 0.907 bits per heavy atom. The van der Waals surface area contributed by atoms with Crippen LogP contribution in [0.3, 0.4) is 0 Å². The number of nitrogens with one attached hydrogen (secondary N) is 1. The molecule has 1 N–H and O–H groups in total. The summed E-state index contributed by atoms with van der Waals surface area (Å²) in [4.78, 5) is 10.7. The first kappa shape index (κ1) is 30.3. The van der Waals surface area contributed by atoms with Gasteiger partial charge < -0.3 is 18.7 Å². The van der Waals surface area contributed by atoms with Crippen molar-refractivity contribution in [2.75, 3.05) is 4.90 Å². The highest BCUT2D eigenvalue weighted by Gasteiger charge is 2.21. The lowest BCUT2D eigenvalue weighted by Crippen LogP contribution is -2.10. The Hall–Kier alpha value is -7.37. The van der Waals surface area contributed by atoms with Gasteiger partial charge in [-0.25, -0.2) is 4.98 Å². The Bertz CT molecular complexity index is 3000. The molecule has 11 aromatic rings. The van der Waals surface area contributed by atoms with Crippen molar-refractivity contribution in [1.29, 1.82) is 0 Å². The molecular weight excluding hydrogens is 663 g/mol. The maximum atomic E-state index is 6.58. The van der Waals surface area contributed by atoms with Gasteiger partial charge in [0.05, 0.1) is 17.5 Å². The van der Waals surface area contributed by atoms with Gasteiger partial charge in [-0.2, -0.15) is 0 Å². The lowest BCUT2D eigenvalue weighted by atomic mass is 9.91. The predicted molar refractivity (Wildman–Crippen MR) is 222 cm³/mol. The van der Waals surface area contributed by atoms with E-state index in [4.69, 9.17) is 13.8 Å². The molecule has 8 aromatic carbocycles. The number of hydrogen-bond acceptors (Lipinski definition) is 4. The van der Waals surface area contributed by atoms with E-state index in [0.29, 0.717) is 0 Å². The Labute approximate surface area is 310 Å². The molecule has 5 heteroatoms. The highest BCUT2D eigenvalue weighted by atomic mass is 16.3. The van der Waals surface area contributed by atoms with Crippen molar-refractivity contribution in [2.24, 2.45) is 0 Å². The third kappa shape index (κ3) is 4.76. The lowest BCUT2D eigenvalue weighted by molar-refractivity contribution is 0.670. The molecule has 3 heterocycles. The van der Waals surface area contributed by atoms with Crippen LogP contribution in [0.1, 0.15) is 0 Å². The fourth-order valence-corrected chi connectivity index (χ4v) is 8.06. The van der Waals surface area contributed by atoms with Crippen LogP contribution in [0.5, 0.6) is 0 Å². The average Bonchev–Trinajstić information content (AvgIpc) is 3.98. The molecule has 0 saturated carbocycles. The third-order valence-corrected chi connectivity index (χ3v) is 10.5. The van der Waals surface area contributed by atoms with Crippen molar-refractivity contribution in [2.45, 2.75) is 0 Å². The summed E-state index contributed by atoms with van der Waals surface area (Å²) < 4.78 is 13.2. The van der Waals surface area contributed by atoms with Crippen molar-refractivity contribution < 1.29 is 8.83 Å². The van der Waals surface area contributed by atoms with Crippen LogP contribution in [0, 0.1) is 0 Å². The second-order valence-corrected chi connectivity index (χ2v) is 13.6. The number of H-pyrrole nitrogens is 1. The van der Waals surface area contributed by atoms with Gasteiger partial charge in [0.15, 0.2) is 0 Å². The minimum Gasteiger partial charge on any atom is -0.455 e. The number of nitrogens with zero attached hydrogens (tertiary/aromatic N) is 2. The number of fused-ring (bicyclic) bond motifs is 7. The van der Waals surface area contributed by atoms with Gasteiger partial charge >= 0.3 is 0 Å². The van der Waals surface area contributed by atoms with E-state index in [1.807, 2.05) is 36.4 Å². The van der Waals surface area contributed by atoms with Gasteiger partial charge in [-0.3, -0.25) is 0 Å². The summed E-state index contributed by atoms with van der Waals surface area (Å²) in [7, 11) is 0. The summed E-state index contributed by atoms with van der Waals surface area (Å²) in [5, 5.41) is 4.40. The number of aromatic amines is 1. The van der Waals surface area contributed by atoms with Crippen LogP contribution in [0.2, 0.25) is 0 Å². The molecule has 11 rings (SSSR count). The van der Waals surface area contributed by atoms with Gasteiger partial charge in [0, 0.05) is 49.6 Å². The van der Waals surface area contributed by atoms with Crippen molar-refractivity contribution in [3.05, 3.63) is 182 Å². The lowest BCUT2D eigenvalue weighted by Gasteiger charge is -2.26. The smallest absolute Gasteiger partial charge is 0.143 e. The number of rotatable bonds is 6. The van der Waals surface area contributed by atoms with E-state index in [1.165, 1.54) is 0 Å². The van der Waals surface area contributed by atoms with E-state index in [2.05, 4.69) is 149 Å². The van der Waals surface area contributed by atoms with Crippen molar-refractivity contribution in [3.63, 3.8) is 0 Å². The Morgan fingerprint density at radius 3 is 1.46 bits per heavy atom. The quantitative estimate of drug-likeness (QED) is 0.188. The van der Waals surface area contributed by atoms with Crippen LogP contribution in [-0.2, 0) is 0 Å². The van der Waals surface area contributed by atoms with E-state index in [9.17, 15) is 0 Å². The molecule has 3 aromatic heterocycles. The molecular formula is C49H31N3O2. The summed E-state index contributed by atoms with van der Waals surface area (Å²) in [5.74, 6) is 0. The molecule has 0 aliphatic carbocycles. The van der Waals surface area contributed by atoms with E-state index < -0.39 is 0 Å². The van der Waals surface area contributed by atoms with E-state index >= 15 is 0 Å². The first-order chi connectivity index (χ1) is 26.8. The average molecular weight is 694 g/mol. The molecule has 0 atom stereocenters. The highest BCUT2D eigenvalue weighted by molar-refractivity contribution is 6.12. The maximum absolute atomic E-state index is 6.58. The first-order valence-corrected chi connectivity index (χ1v) is 18.1. The monoisotopic (exact) mass is 693 g/mol. The molecule has 0 spiro atoms. The van der Waals surface area contributed by atoms with E-state index in [-0.39, 0.29) is 0 Å². The van der Waals surface area contributed by atoms with Crippen LogP contribution >= 0.6 is 0 Å². The molecule has 0 aliphatic heterocycles. The molecule has 54 heavy (non-hydrogen) atoms. The second kappa shape index (κ2) is 12.1. The molecule has 0 radical (unpaired) electrons. The number of hydrogen-bond donors (Lipinski definition) is 1. The number of aromatic nitrogens is 2. The second-order valence-electron chi connectivity index (χ2n) is 13.6. The maximum Gasteiger partial charge on any atom is 0.143 e. The number of anilines is 3. The van der Waals surface area contributed by atoms with Gasteiger partial charge in [0.25, 0.3) is 0 Å². The first-order valence-electron chi connectivity index (χ1n) is 18.1. The standard InChI is InChI=1S/C49H31N3O2/c1-3-13-34(14-4-1)52(35-15-5-2-6-16-35)43-26-25-36(46-47(43)51-30-50-46)31-27-32(37-19-11-21-41-39-17-7-9-23-44(39)53-48(37)41)29-33(28-31)38-20-12-22-42-40-18-8-10-24-45(40)54-49(38)42/h1-30H,(H,50,51). The fourth-order valence-electron chi connectivity index (χ4n) is 8.06. The Morgan fingerprint density at radius 1 is 0.426 bits per heavy atom. The summed E-state index contributed by atoms with van der Waals surface area (Å²) in [6.07, 6.45) is 1.79. The van der Waals surface area contributed by atoms with E-state index in [0.717, 1.165) is 105 Å². The SMILES string of the molecule is c1ccc(N(c2ccccc2)c2ccc(-c3cc(-c4cccc5c4oc4ccccc45)cc(-c4cccc5c4oc4ccccc45)c3)c3[nH]cnc23)cc1. The summed E-state index contributed by atoms with van der Waals surface area (Å²) in [6.45, 7) is 0. The summed E-state index contributed by atoms with van der Waals surface area (Å²) >= 11 is 0. The van der Waals surface area contributed by atoms with E-state index in [1.54, 1.807) is 6.33 Å². The summed E-state index contributed by atoms with van der Waals surface area (Å²) in [6, 6.07) is 61.4. The van der Waals surface area contributed by atoms with Crippen LogP contribution in [0.15, 0.2) is 191 Å². The largest absolute Gasteiger partial charge is 0.455 e. The van der Waals surface area contributed by atoms with Gasteiger partial charge in [-0.05, 0) is 77.4 Å². The highest BCUT2D eigenvalue weighted by Crippen LogP contribution is 2.45. The van der Waals surface area contributed by atoms with Crippen molar-refractivity contribution >= 4 is 72.0 Å². The van der Waals surface area contributed by atoms with Gasteiger partial charge in [0.2, 0.25) is 0 Å². The van der Waals surface area contributed by atoms with Crippen LogP contribution in [0.25, 0.3) is 88.3 Å². The zero-order valence-corrected chi connectivity index (χ0v) is 29.0. The molecule has 5 nitrogen and oxygen atoms in total. The Kier molecular flexibility index (Phi) is 6.79. The molecule has 0 unspecified atom stereocenters. The molecule has 0 amide bonds. The zero-order valence-electron chi connectivity index (χ0n) is 29.0. The summed E-state index contributed by atoms with van der Waals surface area (Å²) in [5.41, 5.74) is 14.7. The van der Waals surface area contributed by atoms with Crippen molar-refractivity contribution in [1.82, 2.24) is 9.97 Å². The van der Waals surface area contributed by atoms with Crippen LogP contribution in [0.4, 0.5) is 17.1 Å². The minimum atomic E-state index is 0.868. The number of para-hydroxylation sites is 6. The van der Waals surface area contributed by atoms with Crippen molar-refractivity contribution in [3.8, 4) is 33.4 Å². The van der Waals surface area contributed by atoms with Crippen LogP contribution < -0.4 is 4.90 Å². The molecule has 0 bridgehead atoms. The number of furan rings is 2. The number of imidazole rings is 1. The zero-order chi connectivity index (χ0) is 35.6. The molecule has 0 aliphatic rings. The molecule has 0 saturated heterocycles.